The Morgan fingerprint density at radius 1 is 1.00 bits per heavy atom. The van der Waals surface area contributed by atoms with Gasteiger partial charge in [-0.15, -0.1) is 0 Å². The third-order valence-corrected chi connectivity index (χ3v) is 6.86. The predicted octanol–water partition coefficient (Wildman–Crippen LogP) is 4.60. The van der Waals surface area contributed by atoms with Gasteiger partial charge in [0.15, 0.2) is 0 Å². The molecule has 0 saturated heterocycles. The zero-order chi connectivity index (χ0) is 22.7. The molecule has 0 bridgehead atoms. The van der Waals surface area contributed by atoms with Crippen molar-refractivity contribution < 1.29 is 0 Å². The van der Waals surface area contributed by atoms with E-state index in [9.17, 15) is 15.8 Å². The zero-order valence-electron chi connectivity index (χ0n) is 18.1. The summed E-state index contributed by atoms with van der Waals surface area (Å²) < 4.78 is 0. The minimum atomic E-state index is -1.66. The Bertz CT molecular complexity index is 1140. The Balaban J connectivity index is 1.79. The molecule has 32 heavy (non-hydrogen) atoms. The number of fused-ring (bicyclic) bond motifs is 1. The average molecular weight is 420 g/mol. The number of aryl methyl sites for hydroxylation is 1. The second kappa shape index (κ2) is 8.80. The first kappa shape index (κ1) is 21.5. The summed E-state index contributed by atoms with van der Waals surface area (Å²) in [4.78, 5) is 2.29. The highest BCUT2D eigenvalue weighted by atomic mass is 15.1. The van der Waals surface area contributed by atoms with Crippen LogP contribution in [-0.4, -0.2) is 23.7 Å². The molecule has 5 heteroatoms. The van der Waals surface area contributed by atoms with Crippen LogP contribution in [0.1, 0.15) is 29.5 Å². The predicted molar refractivity (Wildman–Crippen MR) is 122 cm³/mol. The highest BCUT2D eigenvalue weighted by Gasteiger charge is 2.56. The van der Waals surface area contributed by atoms with Crippen molar-refractivity contribution in [1.82, 2.24) is 4.90 Å². The van der Waals surface area contributed by atoms with E-state index in [0.29, 0.717) is 18.7 Å². The van der Waals surface area contributed by atoms with Gasteiger partial charge >= 0.3 is 0 Å². The van der Waals surface area contributed by atoms with E-state index in [1.54, 1.807) is 0 Å². The zero-order valence-corrected chi connectivity index (χ0v) is 18.1. The second-order valence-corrected chi connectivity index (χ2v) is 8.56. The van der Waals surface area contributed by atoms with Gasteiger partial charge < -0.3 is 5.41 Å². The number of nitriles is 3. The summed E-state index contributed by atoms with van der Waals surface area (Å²) in [7, 11) is 0. The Hall–Kier alpha value is -3.72. The molecule has 0 spiro atoms. The molecule has 1 fully saturated rings. The van der Waals surface area contributed by atoms with Crippen molar-refractivity contribution in [3.63, 3.8) is 0 Å². The van der Waals surface area contributed by atoms with Crippen LogP contribution in [0.15, 0.2) is 66.2 Å². The smallest absolute Gasteiger partial charge is 0.203 e. The van der Waals surface area contributed by atoms with Crippen LogP contribution in [0.2, 0.25) is 0 Å². The lowest BCUT2D eigenvalue weighted by Crippen LogP contribution is -2.52. The maximum atomic E-state index is 10.1. The van der Waals surface area contributed by atoms with Crippen LogP contribution in [0.4, 0.5) is 0 Å². The van der Waals surface area contributed by atoms with Gasteiger partial charge in [-0.3, -0.25) is 4.90 Å². The van der Waals surface area contributed by atoms with Gasteiger partial charge in [-0.2, -0.15) is 15.8 Å². The minimum Gasteiger partial charge on any atom is -0.305 e. The Morgan fingerprint density at radius 2 is 1.69 bits per heavy atom. The standard InChI is InChI=1S/C27H25N5/c1-2-19-8-10-21(11-9-19)25-22(14-28)26(31)27(17-29,18-30)24-12-13-32(16-23(24)25)15-20-6-4-3-5-7-20/h3-12,22-23,25,31H,2,13,15-16H2,1H3/t22?,23-,25+/m0/s1. The normalized spacial score (nSPS) is 24.4. The largest absolute Gasteiger partial charge is 0.305 e. The Labute approximate surface area is 189 Å². The van der Waals surface area contributed by atoms with Crippen molar-refractivity contribution >= 4 is 5.71 Å². The van der Waals surface area contributed by atoms with Crippen molar-refractivity contribution in [2.45, 2.75) is 25.8 Å². The molecule has 1 saturated carbocycles. The number of hydrogen-bond acceptors (Lipinski definition) is 5. The molecular formula is C27H25N5. The van der Waals surface area contributed by atoms with Crippen LogP contribution in [0.5, 0.6) is 0 Å². The van der Waals surface area contributed by atoms with Crippen LogP contribution in [0.25, 0.3) is 0 Å². The number of hydrogen-bond donors (Lipinski definition) is 1. The SMILES string of the molecule is CCc1ccc([C@@H]2C(C#N)C(=N)C(C#N)(C#N)C3=CCN(Cc4ccccc4)C[C@@H]32)cc1. The molecule has 0 radical (unpaired) electrons. The maximum Gasteiger partial charge on any atom is 0.203 e. The maximum absolute atomic E-state index is 10.1. The van der Waals surface area contributed by atoms with Crippen LogP contribution < -0.4 is 0 Å². The summed E-state index contributed by atoms with van der Waals surface area (Å²) in [6, 6.07) is 24.9. The van der Waals surface area contributed by atoms with Crippen molar-refractivity contribution in [3.05, 3.63) is 82.9 Å². The van der Waals surface area contributed by atoms with Crippen LogP contribution >= 0.6 is 0 Å². The van der Waals surface area contributed by atoms with E-state index in [0.717, 1.165) is 18.5 Å². The molecular weight excluding hydrogens is 394 g/mol. The van der Waals surface area contributed by atoms with E-state index >= 15 is 0 Å². The molecule has 2 aliphatic rings. The highest BCUT2D eigenvalue weighted by Crippen LogP contribution is 2.52. The number of nitrogens with zero attached hydrogens (tertiary/aromatic N) is 4. The molecule has 1 aliphatic heterocycles. The quantitative estimate of drug-likeness (QED) is 0.732. The molecule has 0 amide bonds. The molecule has 158 valence electrons. The highest BCUT2D eigenvalue weighted by molar-refractivity contribution is 6.01. The second-order valence-electron chi connectivity index (χ2n) is 8.56. The summed E-state index contributed by atoms with van der Waals surface area (Å²) in [6.07, 6.45) is 2.88. The van der Waals surface area contributed by atoms with Crippen LogP contribution in [0.3, 0.4) is 0 Å². The van der Waals surface area contributed by atoms with Gasteiger partial charge in [0.25, 0.3) is 0 Å². The van der Waals surface area contributed by atoms with Gasteiger partial charge in [-0.1, -0.05) is 67.6 Å². The molecule has 2 aromatic rings. The summed E-state index contributed by atoms with van der Waals surface area (Å²) in [5.41, 5.74) is 2.33. The first-order valence-corrected chi connectivity index (χ1v) is 10.9. The number of nitrogens with one attached hydrogen (secondary N) is 1. The lowest BCUT2D eigenvalue weighted by Gasteiger charge is -2.47. The molecule has 4 rings (SSSR count). The van der Waals surface area contributed by atoms with E-state index in [1.807, 2.05) is 36.4 Å². The Morgan fingerprint density at radius 3 is 2.28 bits per heavy atom. The molecule has 1 aliphatic carbocycles. The van der Waals surface area contributed by atoms with E-state index in [1.165, 1.54) is 11.1 Å². The van der Waals surface area contributed by atoms with E-state index < -0.39 is 11.3 Å². The third-order valence-electron chi connectivity index (χ3n) is 6.86. The van der Waals surface area contributed by atoms with Crippen molar-refractivity contribution in [2.75, 3.05) is 13.1 Å². The van der Waals surface area contributed by atoms with Crippen molar-refractivity contribution in [2.24, 2.45) is 17.3 Å². The monoisotopic (exact) mass is 419 g/mol. The fourth-order valence-corrected chi connectivity index (χ4v) is 5.16. The fourth-order valence-electron chi connectivity index (χ4n) is 5.16. The lowest BCUT2D eigenvalue weighted by atomic mass is 9.55. The summed E-state index contributed by atoms with van der Waals surface area (Å²) >= 11 is 0. The van der Waals surface area contributed by atoms with Gasteiger partial charge in [-0.05, 0) is 28.7 Å². The lowest BCUT2D eigenvalue weighted by molar-refractivity contribution is 0.203. The average Bonchev–Trinajstić information content (AvgIpc) is 2.84. The number of rotatable bonds is 4. The summed E-state index contributed by atoms with van der Waals surface area (Å²) in [5, 5.41) is 38.8. The number of benzene rings is 2. The fraction of sp³-hybridized carbons (Fsp3) is 0.333. The molecule has 2 aromatic carbocycles. The molecule has 5 nitrogen and oxygen atoms in total. The first-order chi connectivity index (χ1) is 15.6. The van der Waals surface area contributed by atoms with Gasteiger partial charge in [0.05, 0.1) is 29.8 Å². The topological polar surface area (TPSA) is 98.5 Å². The molecule has 1 N–H and O–H groups in total. The van der Waals surface area contributed by atoms with Gasteiger partial charge in [-0.25, -0.2) is 0 Å². The van der Waals surface area contributed by atoms with Gasteiger partial charge in [0.2, 0.25) is 5.41 Å². The van der Waals surface area contributed by atoms with Crippen LogP contribution in [0, 0.1) is 56.7 Å². The van der Waals surface area contributed by atoms with Gasteiger partial charge in [0.1, 0.15) is 0 Å². The van der Waals surface area contributed by atoms with E-state index in [2.05, 4.69) is 54.3 Å². The molecule has 1 heterocycles. The van der Waals surface area contributed by atoms with Crippen molar-refractivity contribution in [1.29, 1.82) is 21.2 Å². The third kappa shape index (κ3) is 3.50. The first-order valence-electron chi connectivity index (χ1n) is 10.9. The van der Waals surface area contributed by atoms with E-state index in [4.69, 9.17) is 5.41 Å². The van der Waals surface area contributed by atoms with Gasteiger partial charge in [0, 0.05) is 31.5 Å². The van der Waals surface area contributed by atoms with Crippen LogP contribution in [-0.2, 0) is 13.0 Å². The van der Waals surface area contributed by atoms with Crippen molar-refractivity contribution in [3.8, 4) is 18.2 Å². The Kier molecular flexibility index (Phi) is 5.91. The summed E-state index contributed by atoms with van der Waals surface area (Å²) in [6.45, 7) is 4.10. The van der Waals surface area contributed by atoms with E-state index in [-0.39, 0.29) is 17.5 Å². The molecule has 3 atom stereocenters. The molecule has 0 aromatic heterocycles. The minimum absolute atomic E-state index is 0.0893. The summed E-state index contributed by atoms with van der Waals surface area (Å²) in [5.74, 6) is -1.27. The molecule has 1 unspecified atom stereocenters.